The van der Waals surface area contributed by atoms with Gasteiger partial charge in [0.05, 0.1) is 6.54 Å². The van der Waals surface area contributed by atoms with Crippen molar-refractivity contribution in [2.75, 3.05) is 6.54 Å². The molecule has 0 amide bonds. The van der Waals surface area contributed by atoms with E-state index in [1.54, 1.807) is 0 Å². The van der Waals surface area contributed by atoms with E-state index in [4.69, 9.17) is 5.11 Å². The van der Waals surface area contributed by atoms with Gasteiger partial charge in [-0.3, -0.25) is 0 Å². The molecule has 82 valence electrons. The van der Waals surface area contributed by atoms with E-state index in [0.29, 0.717) is 0 Å². The molecule has 0 aromatic carbocycles. The molecule has 2 rings (SSSR count). The summed E-state index contributed by atoms with van der Waals surface area (Å²) in [6.07, 6.45) is -2.64. The van der Waals surface area contributed by atoms with E-state index in [9.17, 15) is 17.6 Å². The fraction of sp³-hybridized carbons (Fsp3) is 1.00. The maximum absolute atomic E-state index is 12.8. The van der Waals surface area contributed by atoms with Crippen molar-refractivity contribution < 1.29 is 22.7 Å². The first-order chi connectivity index (χ1) is 6.32. The van der Waals surface area contributed by atoms with Crippen LogP contribution in [0.2, 0.25) is 0 Å². The predicted octanol–water partition coefficient (Wildman–Crippen LogP) is 1.000. The van der Waals surface area contributed by atoms with E-state index < -0.39 is 49.3 Å². The Balaban J connectivity index is 1.96. The summed E-state index contributed by atoms with van der Waals surface area (Å²) >= 11 is 0. The lowest BCUT2D eigenvalue weighted by molar-refractivity contribution is -0.141. The Morgan fingerprint density at radius 3 is 2.07 bits per heavy atom. The predicted molar refractivity (Wildman–Crippen MR) is 40.4 cm³/mol. The summed E-state index contributed by atoms with van der Waals surface area (Å²) in [5.74, 6) is -6.45. The molecule has 2 N–H and O–H groups in total. The van der Waals surface area contributed by atoms with Gasteiger partial charge < -0.3 is 10.4 Å². The molecule has 2 aliphatic rings. The molecule has 1 saturated heterocycles. The number of hydrogen-bond acceptors (Lipinski definition) is 2. The zero-order valence-corrected chi connectivity index (χ0v) is 7.31. The van der Waals surface area contributed by atoms with Crippen molar-refractivity contribution in [1.29, 1.82) is 0 Å². The van der Waals surface area contributed by atoms with Gasteiger partial charge in [-0.05, 0) is 5.92 Å². The van der Waals surface area contributed by atoms with Crippen LogP contribution in [-0.2, 0) is 0 Å². The molecule has 1 saturated carbocycles. The Morgan fingerprint density at radius 2 is 1.71 bits per heavy atom. The third-order valence-corrected chi connectivity index (χ3v) is 2.98. The Hall–Kier alpha value is -0.360. The van der Waals surface area contributed by atoms with E-state index in [0.717, 1.165) is 0 Å². The molecule has 0 radical (unpaired) electrons. The highest BCUT2D eigenvalue weighted by Gasteiger charge is 2.57. The minimum atomic E-state index is -3.18. The number of hydrogen-bond donors (Lipinski definition) is 2. The van der Waals surface area contributed by atoms with E-state index >= 15 is 0 Å². The van der Waals surface area contributed by atoms with Gasteiger partial charge in [-0.2, -0.15) is 0 Å². The summed E-state index contributed by atoms with van der Waals surface area (Å²) in [5.41, 5.74) is 0. The van der Waals surface area contributed by atoms with Gasteiger partial charge in [-0.1, -0.05) is 0 Å². The van der Waals surface area contributed by atoms with E-state index in [1.165, 1.54) is 0 Å². The van der Waals surface area contributed by atoms with Crippen LogP contribution in [0.15, 0.2) is 0 Å². The molecule has 2 atom stereocenters. The van der Waals surface area contributed by atoms with Crippen LogP contribution in [0.1, 0.15) is 12.8 Å². The average molecular weight is 213 g/mol. The van der Waals surface area contributed by atoms with Crippen LogP contribution in [0, 0.1) is 5.92 Å². The van der Waals surface area contributed by atoms with Crippen molar-refractivity contribution in [3.05, 3.63) is 0 Å². The van der Waals surface area contributed by atoms with Crippen molar-refractivity contribution in [1.82, 2.24) is 5.32 Å². The summed E-state index contributed by atoms with van der Waals surface area (Å²) in [7, 11) is 0. The van der Waals surface area contributed by atoms with E-state index in [2.05, 4.69) is 5.32 Å². The molecule has 1 aliphatic heterocycles. The Labute approximate surface area is 78.3 Å². The average Bonchev–Trinajstić information content (AvgIpc) is 2.24. The molecular weight excluding hydrogens is 202 g/mol. The zero-order valence-electron chi connectivity index (χ0n) is 7.31. The third kappa shape index (κ3) is 1.50. The first-order valence-corrected chi connectivity index (χ1v) is 4.49. The summed E-state index contributed by atoms with van der Waals surface area (Å²) < 4.78 is 50.5. The fourth-order valence-electron chi connectivity index (χ4n) is 2.12. The van der Waals surface area contributed by atoms with Crippen LogP contribution in [0.3, 0.4) is 0 Å². The Kier molecular flexibility index (Phi) is 2.05. The molecule has 2 unspecified atom stereocenters. The van der Waals surface area contributed by atoms with Crippen LogP contribution in [-0.4, -0.2) is 35.6 Å². The SMILES string of the molecule is OC1C(C2CC(F)(F)C2)NCC1(F)F. The highest BCUT2D eigenvalue weighted by atomic mass is 19.3. The first-order valence-electron chi connectivity index (χ1n) is 4.49. The number of halogens is 4. The number of alkyl halides is 4. The molecule has 2 fully saturated rings. The summed E-state index contributed by atoms with van der Waals surface area (Å²) in [6.45, 7) is -0.624. The minimum absolute atomic E-state index is 0.405. The van der Waals surface area contributed by atoms with Crippen molar-refractivity contribution in [2.24, 2.45) is 5.92 Å². The lowest BCUT2D eigenvalue weighted by Gasteiger charge is -2.39. The van der Waals surface area contributed by atoms with Crippen LogP contribution >= 0.6 is 0 Å². The lowest BCUT2D eigenvalue weighted by Crippen LogP contribution is -2.50. The van der Waals surface area contributed by atoms with Crippen LogP contribution in [0.4, 0.5) is 17.6 Å². The van der Waals surface area contributed by atoms with Crippen molar-refractivity contribution in [2.45, 2.75) is 36.8 Å². The van der Waals surface area contributed by atoms with Gasteiger partial charge in [0.15, 0.2) is 0 Å². The lowest BCUT2D eigenvalue weighted by atomic mass is 9.75. The molecular formula is C8H11F4NO. The fourth-order valence-corrected chi connectivity index (χ4v) is 2.12. The second-order valence-electron chi connectivity index (χ2n) is 4.14. The standard InChI is InChI=1S/C8H11F4NO/c9-7(10)1-4(2-7)5-6(14)8(11,12)3-13-5/h4-6,13-14H,1-3H2. The molecule has 1 aliphatic carbocycles. The number of aliphatic hydroxyl groups excluding tert-OH is 1. The molecule has 0 bridgehead atoms. The smallest absolute Gasteiger partial charge is 0.287 e. The zero-order chi connectivity index (χ0) is 10.6. The second kappa shape index (κ2) is 2.82. The highest BCUT2D eigenvalue weighted by Crippen LogP contribution is 2.47. The topological polar surface area (TPSA) is 32.3 Å². The molecule has 14 heavy (non-hydrogen) atoms. The van der Waals surface area contributed by atoms with Gasteiger partial charge in [0.25, 0.3) is 5.92 Å². The van der Waals surface area contributed by atoms with Crippen molar-refractivity contribution in [3.8, 4) is 0 Å². The number of aliphatic hydroxyl groups is 1. The van der Waals surface area contributed by atoms with Gasteiger partial charge in [0.2, 0.25) is 5.92 Å². The summed E-state index contributed by atoms with van der Waals surface area (Å²) in [5, 5.41) is 11.6. The normalized spacial score (nSPS) is 40.9. The molecule has 1 heterocycles. The summed E-state index contributed by atoms with van der Waals surface area (Å²) in [4.78, 5) is 0. The number of rotatable bonds is 1. The molecule has 0 spiro atoms. The number of nitrogens with one attached hydrogen (secondary N) is 1. The monoisotopic (exact) mass is 213 g/mol. The molecule has 0 aromatic heterocycles. The molecule has 0 aromatic rings. The van der Waals surface area contributed by atoms with Crippen LogP contribution in [0.5, 0.6) is 0 Å². The van der Waals surface area contributed by atoms with E-state index in [-0.39, 0.29) is 0 Å². The van der Waals surface area contributed by atoms with Gasteiger partial charge in [0, 0.05) is 18.9 Å². The van der Waals surface area contributed by atoms with Crippen LogP contribution in [0.25, 0.3) is 0 Å². The Bertz CT molecular complexity index is 237. The summed E-state index contributed by atoms with van der Waals surface area (Å²) in [6, 6.07) is -0.885. The first kappa shape index (κ1) is 10.2. The van der Waals surface area contributed by atoms with Gasteiger partial charge in [-0.15, -0.1) is 0 Å². The molecule has 6 heteroatoms. The van der Waals surface area contributed by atoms with E-state index in [1.807, 2.05) is 0 Å². The minimum Gasteiger partial charge on any atom is -0.385 e. The maximum Gasteiger partial charge on any atom is 0.287 e. The largest absolute Gasteiger partial charge is 0.385 e. The Morgan fingerprint density at radius 1 is 1.14 bits per heavy atom. The molecule has 2 nitrogen and oxygen atoms in total. The van der Waals surface area contributed by atoms with Gasteiger partial charge >= 0.3 is 0 Å². The maximum atomic E-state index is 12.8. The van der Waals surface area contributed by atoms with Crippen LogP contribution < -0.4 is 5.32 Å². The second-order valence-corrected chi connectivity index (χ2v) is 4.14. The third-order valence-electron chi connectivity index (χ3n) is 2.98. The highest BCUT2D eigenvalue weighted by molar-refractivity contribution is 5.04. The van der Waals surface area contributed by atoms with Crippen molar-refractivity contribution >= 4 is 0 Å². The quantitative estimate of drug-likeness (QED) is 0.637. The van der Waals surface area contributed by atoms with Gasteiger partial charge in [-0.25, -0.2) is 17.6 Å². The van der Waals surface area contributed by atoms with Gasteiger partial charge in [0.1, 0.15) is 6.10 Å². The van der Waals surface area contributed by atoms with Crippen molar-refractivity contribution in [3.63, 3.8) is 0 Å².